The number of aliphatic hydroxyl groups is 1. The van der Waals surface area contributed by atoms with E-state index in [4.69, 9.17) is 9.47 Å². The summed E-state index contributed by atoms with van der Waals surface area (Å²) < 4.78 is 26.8. The minimum Gasteiger partial charge on any atom is -0.465 e. The van der Waals surface area contributed by atoms with Gasteiger partial charge in [0.2, 0.25) is 12.3 Å². The average Bonchev–Trinajstić information content (AvgIpc) is 3.40. The largest absolute Gasteiger partial charge is 0.465 e. The first-order valence-corrected chi connectivity index (χ1v) is 10.3. The number of amides is 1. The molecular formula is C22H20FN5O6. The third-order valence-electron chi connectivity index (χ3n) is 5.02. The van der Waals surface area contributed by atoms with Gasteiger partial charge in [0, 0.05) is 12.0 Å². The highest BCUT2D eigenvalue weighted by Crippen LogP contribution is 2.37. The van der Waals surface area contributed by atoms with Crippen molar-refractivity contribution in [3.8, 4) is 0 Å². The first kappa shape index (κ1) is 23.0. The first-order chi connectivity index (χ1) is 16.4. The minimum atomic E-state index is -1.53. The van der Waals surface area contributed by atoms with Crippen LogP contribution in [0, 0.1) is 0 Å². The van der Waals surface area contributed by atoms with Crippen molar-refractivity contribution in [1.29, 1.82) is 0 Å². The molecule has 0 fully saturated rings. The van der Waals surface area contributed by atoms with Crippen molar-refractivity contribution < 1.29 is 33.4 Å². The highest BCUT2D eigenvalue weighted by atomic mass is 19.1. The molecule has 0 saturated carbocycles. The zero-order valence-corrected chi connectivity index (χ0v) is 18.0. The number of nitrogens with one attached hydrogen (secondary N) is 1. The van der Waals surface area contributed by atoms with Gasteiger partial charge in [-0.1, -0.05) is 18.2 Å². The second-order valence-corrected chi connectivity index (χ2v) is 7.42. The van der Waals surface area contributed by atoms with Crippen LogP contribution in [-0.4, -0.2) is 55.0 Å². The van der Waals surface area contributed by atoms with E-state index in [1.807, 2.05) is 0 Å². The minimum absolute atomic E-state index is 0.0546. The number of carbonyl (C=O) groups is 3. The van der Waals surface area contributed by atoms with Gasteiger partial charge in [-0.3, -0.25) is 14.2 Å². The maximum atomic E-state index is 14.8. The fourth-order valence-corrected chi connectivity index (χ4v) is 3.35. The van der Waals surface area contributed by atoms with Crippen LogP contribution in [0.25, 0.3) is 11.2 Å². The van der Waals surface area contributed by atoms with E-state index in [9.17, 15) is 23.9 Å². The number of aliphatic hydroxyl groups excluding tert-OH is 1. The predicted octanol–water partition coefficient (Wildman–Crippen LogP) is 2.06. The third kappa shape index (κ3) is 4.62. The van der Waals surface area contributed by atoms with E-state index in [2.05, 4.69) is 20.3 Å². The zero-order valence-electron chi connectivity index (χ0n) is 18.0. The quantitative estimate of drug-likeness (QED) is 0.473. The van der Waals surface area contributed by atoms with Gasteiger partial charge in [-0.2, -0.15) is 0 Å². The molecule has 176 valence electrons. The van der Waals surface area contributed by atoms with Crippen LogP contribution in [-0.2, 0) is 19.1 Å². The number of esters is 1. The second-order valence-electron chi connectivity index (χ2n) is 7.42. The van der Waals surface area contributed by atoms with Gasteiger partial charge in [-0.25, -0.2) is 19.3 Å². The molecule has 12 heteroatoms. The van der Waals surface area contributed by atoms with E-state index >= 15 is 0 Å². The standard InChI is InChI=1S/C22H20FN5O6/c1-12(30)7-8-15(31)34-18-16(23)14(9-29)33-22(18)28-11-26-17-19(24-10-25-20(17)28)27-21(32)13-5-3-2-4-6-13/h2-6,10-11,18,22,29H,7-9H2,1H3,(H,24,25,27,32)/t18?,22-/m1/s1. The average molecular weight is 469 g/mol. The molecule has 0 spiro atoms. The van der Waals surface area contributed by atoms with Gasteiger partial charge in [0.1, 0.15) is 25.0 Å². The summed E-state index contributed by atoms with van der Waals surface area (Å²) in [6.45, 7) is 0.564. The summed E-state index contributed by atoms with van der Waals surface area (Å²) in [5, 5.41) is 12.1. The van der Waals surface area contributed by atoms with Crippen LogP contribution in [0.4, 0.5) is 10.2 Å². The molecule has 0 bridgehead atoms. The van der Waals surface area contributed by atoms with Crippen LogP contribution in [0.1, 0.15) is 36.4 Å². The number of benzene rings is 1. The molecule has 11 nitrogen and oxygen atoms in total. The second kappa shape index (κ2) is 9.75. The van der Waals surface area contributed by atoms with Crippen molar-refractivity contribution >= 4 is 34.6 Å². The van der Waals surface area contributed by atoms with Crippen LogP contribution in [0.5, 0.6) is 0 Å². The molecule has 0 aliphatic carbocycles. The van der Waals surface area contributed by atoms with E-state index < -0.39 is 42.4 Å². The van der Waals surface area contributed by atoms with Gasteiger partial charge in [0.15, 0.2) is 28.6 Å². The number of hydrogen-bond donors (Lipinski definition) is 2. The number of carbonyl (C=O) groups excluding carboxylic acids is 3. The SMILES string of the molecule is CC(=O)CCC(=O)OC1C(F)=C(CO)O[C@H]1n1cnc2c(NC(=O)c3ccccc3)ncnc21. The number of hydrogen-bond acceptors (Lipinski definition) is 9. The summed E-state index contributed by atoms with van der Waals surface area (Å²) in [5.74, 6) is -2.69. The lowest BCUT2D eigenvalue weighted by Crippen LogP contribution is -2.27. The zero-order chi connectivity index (χ0) is 24.2. The van der Waals surface area contributed by atoms with Crippen LogP contribution < -0.4 is 5.32 Å². The molecule has 2 aromatic heterocycles. The Morgan fingerprint density at radius 1 is 1.18 bits per heavy atom. The Kier molecular flexibility index (Phi) is 6.59. The fourth-order valence-electron chi connectivity index (χ4n) is 3.35. The van der Waals surface area contributed by atoms with Gasteiger partial charge in [-0.05, 0) is 19.1 Å². The summed E-state index contributed by atoms with van der Waals surface area (Å²) in [4.78, 5) is 48.2. The molecule has 2 N–H and O–H groups in total. The van der Waals surface area contributed by atoms with Crippen LogP contribution in [0.2, 0.25) is 0 Å². The Hall–Kier alpha value is -4.19. The molecule has 4 rings (SSSR count). The third-order valence-corrected chi connectivity index (χ3v) is 5.02. The highest BCUT2D eigenvalue weighted by molar-refractivity contribution is 6.06. The lowest BCUT2D eigenvalue weighted by molar-refractivity contribution is -0.155. The number of ether oxygens (including phenoxy) is 2. The molecule has 0 radical (unpaired) electrons. The smallest absolute Gasteiger partial charge is 0.307 e. The lowest BCUT2D eigenvalue weighted by Gasteiger charge is -2.21. The molecule has 3 heterocycles. The maximum absolute atomic E-state index is 14.8. The molecule has 1 amide bonds. The molecule has 1 aromatic carbocycles. The number of Topliss-reactive ketones (excluding diaryl/α,β-unsaturated/α-hetero) is 1. The van der Waals surface area contributed by atoms with Crippen LogP contribution >= 0.6 is 0 Å². The Bertz CT molecular complexity index is 1280. The molecule has 1 unspecified atom stereocenters. The molecule has 34 heavy (non-hydrogen) atoms. The van der Waals surface area contributed by atoms with E-state index in [1.165, 1.54) is 24.1 Å². The van der Waals surface area contributed by atoms with Crippen molar-refractivity contribution in [2.45, 2.75) is 32.1 Å². The molecule has 0 saturated heterocycles. The number of imidazole rings is 1. The van der Waals surface area contributed by atoms with Gasteiger partial charge in [-0.15, -0.1) is 0 Å². The van der Waals surface area contributed by atoms with Crippen molar-refractivity contribution in [3.63, 3.8) is 0 Å². The summed E-state index contributed by atoms with van der Waals surface area (Å²) in [7, 11) is 0. The normalized spacial score (nSPS) is 17.5. The first-order valence-electron chi connectivity index (χ1n) is 10.3. The number of ketones is 1. The van der Waals surface area contributed by atoms with Gasteiger partial charge < -0.3 is 24.7 Å². The van der Waals surface area contributed by atoms with Crippen LogP contribution in [0.3, 0.4) is 0 Å². The van der Waals surface area contributed by atoms with Crippen molar-refractivity contribution in [2.75, 3.05) is 11.9 Å². The monoisotopic (exact) mass is 469 g/mol. The van der Waals surface area contributed by atoms with E-state index in [0.29, 0.717) is 5.56 Å². The summed E-state index contributed by atoms with van der Waals surface area (Å²) >= 11 is 0. The summed E-state index contributed by atoms with van der Waals surface area (Å²) in [6, 6.07) is 8.48. The van der Waals surface area contributed by atoms with Gasteiger partial charge in [0.05, 0.1) is 6.42 Å². The van der Waals surface area contributed by atoms with E-state index in [-0.39, 0.29) is 35.6 Å². The number of aromatic nitrogens is 4. The molecular weight excluding hydrogens is 449 g/mol. The fraction of sp³-hybridized carbons (Fsp3) is 0.273. The summed E-state index contributed by atoms with van der Waals surface area (Å²) in [5.41, 5.74) is 0.763. The Balaban J connectivity index is 1.62. The molecule has 2 atom stereocenters. The van der Waals surface area contributed by atoms with Crippen molar-refractivity contribution in [1.82, 2.24) is 19.5 Å². The van der Waals surface area contributed by atoms with Gasteiger partial charge >= 0.3 is 5.97 Å². The topological polar surface area (TPSA) is 146 Å². The Labute approximate surface area is 192 Å². The van der Waals surface area contributed by atoms with E-state index in [1.54, 1.807) is 30.3 Å². The molecule has 1 aliphatic rings. The van der Waals surface area contributed by atoms with E-state index in [0.717, 1.165) is 0 Å². The maximum Gasteiger partial charge on any atom is 0.307 e. The Morgan fingerprint density at radius 2 is 1.94 bits per heavy atom. The lowest BCUT2D eigenvalue weighted by atomic mass is 10.2. The predicted molar refractivity (Wildman–Crippen MR) is 115 cm³/mol. The van der Waals surface area contributed by atoms with Gasteiger partial charge in [0.25, 0.3) is 5.91 Å². The number of rotatable bonds is 8. The number of fused-ring (bicyclic) bond motifs is 1. The van der Waals surface area contributed by atoms with Crippen molar-refractivity contribution in [3.05, 3.63) is 60.1 Å². The number of nitrogens with zero attached hydrogens (tertiary/aromatic N) is 4. The molecule has 3 aromatic rings. The number of halogens is 1. The summed E-state index contributed by atoms with van der Waals surface area (Å²) in [6.07, 6.45) is -0.631. The Morgan fingerprint density at radius 3 is 2.65 bits per heavy atom. The molecule has 1 aliphatic heterocycles. The van der Waals surface area contributed by atoms with Crippen LogP contribution in [0.15, 0.2) is 54.6 Å². The highest BCUT2D eigenvalue weighted by Gasteiger charge is 2.42. The van der Waals surface area contributed by atoms with Crippen molar-refractivity contribution in [2.24, 2.45) is 0 Å². The number of anilines is 1.